The molecule has 1 aromatic carbocycles. The van der Waals surface area contributed by atoms with Crippen molar-refractivity contribution < 1.29 is 5.11 Å². The van der Waals surface area contributed by atoms with E-state index in [4.69, 9.17) is 0 Å². The summed E-state index contributed by atoms with van der Waals surface area (Å²) < 4.78 is 0. The van der Waals surface area contributed by atoms with E-state index in [-0.39, 0.29) is 0 Å². The molecule has 0 radical (unpaired) electrons. The Hall–Kier alpha value is -1.48. The van der Waals surface area contributed by atoms with Crippen molar-refractivity contribution in [3.8, 4) is 5.75 Å². The second-order valence-electron chi connectivity index (χ2n) is 7.59. The molecule has 0 spiro atoms. The molecule has 116 valence electrons. The molecule has 3 heteroatoms. The lowest BCUT2D eigenvalue weighted by atomic mass is 9.65. The normalized spacial score (nSPS) is 36.3. The van der Waals surface area contributed by atoms with E-state index in [1.807, 2.05) is 12.1 Å². The van der Waals surface area contributed by atoms with Crippen molar-refractivity contribution in [2.75, 3.05) is 13.1 Å². The first-order valence-corrected chi connectivity index (χ1v) is 8.82. The molecule has 6 rings (SSSR count). The molecule has 2 unspecified atom stereocenters. The molecular weight excluding hydrogens is 272 g/mol. The van der Waals surface area contributed by atoms with Gasteiger partial charge in [-0.2, -0.15) is 0 Å². The van der Waals surface area contributed by atoms with Crippen molar-refractivity contribution in [1.29, 1.82) is 0 Å². The molecule has 4 bridgehead atoms. The molecule has 5 atom stereocenters. The number of hydrogen-bond donors (Lipinski definition) is 2. The zero-order valence-electron chi connectivity index (χ0n) is 13.2. The fourth-order valence-electron chi connectivity index (χ4n) is 5.68. The number of nitrogens with one attached hydrogen (secondary N) is 1. The van der Waals surface area contributed by atoms with Crippen LogP contribution in [0.5, 0.6) is 5.75 Å². The molecule has 2 saturated heterocycles. The first-order chi connectivity index (χ1) is 10.7. The van der Waals surface area contributed by atoms with Crippen molar-refractivity contribution in [3.05, 3.63) is 29.5 Å². The van der Waals surface area contributed by atoms with Gasteiger partial charge in [-0.15, -0.1) is 0 Å². The Balaban J connectivity index is 1.69. The van der Waals surface area contributed by atoms with Crippen molar-refractivity contribution >= 4 is 10.9 Å². The van der Waals surface area contributed by atoms with Gasteiger partial charge in [-0.25, -0.2) is 0 Å². The van der Waals surface area contributed by atoms with Gasteiger partial charge in [0.2, 0.25) is 0 Å². The minimum atomic E-state index is 0.384. The Morgan fingerprint density at radius 1 is 1.32 bits per heavy atom. The summed E-state index contributed by atoms with van der Waals surface area (Å²) >= 11 is 0. The zero-order valence-corrected chi connectivity index (χ0v) is 13.2. The Kier molecular flexibility index (Phi) is 2.67. The van der Waals surface area contributed by atoms with Gasteiger partial charge in [-0.1, -0.05) is 13.3 Å². The van der Waals surface area contributed by atoms with E-state index in [9.17, 15) is 5.11 Å². The molecular formula is C19H24N2O. The predicted octanol–water partition coefficient (Wildman–Crippen LogP) is 3.63. The lowest BCUT2D eigenvalue weighted by molar-refractivity contribution is -0.0134. The second kappa shape index (κ2) is 4.51. The molecule has 4 heterocycles. The van der Waals surface area contributed by atoms with Crippen LogP contribution in [0.4, 0.5) is 0 Å². The van der Waals surface area contributed by atoms with Crippen LogP contribution in [0.1, 0.15) is 43.4 Å². The Labute approximate surface area is 131 Å². The van der Waals surface area contributed by atoms with Crippen LogP contribution in [0.2, 0.25) is 0 Å². The summed E-state index contributed by atoms with van der Waals surface area (Å²) in [6, 6.07) is 6.52. The highest BCUT2D eigenvalue weighted by molar-refractivity contribution is 5.86. The summed E-state index contributed by atoms with van der Waals surface area (Å²) in [5, 5.41) is 11.1. The largest absolute Gasteiger partial charge is 0.508 e. The third-order valence-corrected chi connectivity index (χ3v) is 6.50. The van der Waals surface area contributed by atoms with Crippen LogP contribution in [0.15, 0.2) is 18.2 Å². The molecule has 3 aliphatic heterocycles. The second-order valence-corrected chi connectivity index (χ2v) is 7.59. The maximum atomic E-state index is 9.87. The van der Waals surface area contributed by atoms with Gasteiger partial charge in [0.15, 0.2) is 0 Å². The number of hydrogen-bond acceptors (Lipinski definition) is 2. The fraction of sp³-hybridized carbons (Fsp3) is 0.579. The average Bonchev–Trinajstić information content (AvgIpc) is 2.85. The maximum Gasteiger partial charge on any atom is 0.116 e. The number of phenolic OH excluding ortho intramolecular Hbond substituents is 1. The van der Waals surface area contributed by atoms with Gasteiger partial charge in [0.25, 0.3) is 0 Å². The highest BCUT2D eigenvalue weighted by Crippen LogP contribution is 2.51. The Morgan fingerprint density at radius 2 is 2.23 bits per heavy atom. The monoisotopic (exact) mass is 296 g/mol. The van der Waals surface area contributed by atoms with Crippen LogP contribution < -0.4 is 0 Å². The number of aromatic nitrogens is 1. The van der Waals surface area contributed by atoms with Gasteiger partial charge in [0.05, 0.1) is 0 Å². The number of benzene rings is 1. The zero-order chi connectivity index (χ0) is 14.8. The minimum absolute atomic E-state index is 0.384. The van der Waals surface area contributed by atoms with E-state index in [1.165, 1.54) is 54.5 Å². The summed E-state index contributed by atoms with van der Waals surface area (Å²) in [5.74, 6) is 2.80. The number of H-pyrrole nitrogens is 1. The quantitative estimate of drug-likeness (QED) is 0.843. The van der Waals surface area contributed by atoms with Crippen molar-refractivity contribution in [1.82, 2.24) is 9.88 Å². The summed E-state index contributed by atoms with van der Waals surface area (Å²) in [6.07, 6.45) is 5.22. The molecule has 0 amide bonds. The standard InChI is InChI=1S/C19H24N2O/c1-2-12-7-11-8-16-18-14(5-6-21(10-11)19(12)16)15-9-13(22)3-4-17(15)20-18/h3-4,9,11-12,16,19-20,22H,2,5-8,10H2,1H3/t11-,12-,16-,19?/m0/s1. The molecule has 1 aliphatic carbocycles. The molecule has 2 N–H and O–H groups in total. The SMILES string of the molecule is CC[C@H]1C[C@H]2C[C@H]3c4[nH]c5ccc(O)cc5c4CCN(C2)C13. The molecule has 2 aromatic rings. The number of phenols is 1. The molecule has 3 nitrogen and oxygen atoms in total. The number of piperidine rings is 2. The van der Waals surface area contributed by atoms with Crippen molar-refractivity contribution in [2.24, 2.45) is 11.8 Å². The number of aromatic amines is 1. The first-order valence-electron chi connectivity index (χ1n) is 8.82. The number of nitrogens with zero attached hydrogens (tertiary/aromatic N) is 1. The number of aromatic hydroxyl groups is 1. The lowest BCUT2D eigenvalue weighted by Crippen LogP contribution is -2.56. The number of rotatable bonds is 1. The van der Waals surface area contributed by atoms with E-state index in [1.54, 1.807) is 6.07 Å². The van der Waals surface area contributed by atoms with E-state index in [0.29, 0.717) is 11.7 Å². The third kappa shape index (κ3) is 1.66. The van der Waals surface area contributed by atoms with Gasteiger partial charge in [0, 0.05) is 41.6 Å². The average molecular weight is 296 g/mol. The Morgan fingerprint density at radius 3 is 3.09 bits per heavy atom. The minimum Gasteiger partial charge on any atom is -0.508 e. The van der Waals surface area contributed by atoms with E-state index in [2.05, 4.69) is 16.8 Å². The topological polar surface area (TPSA) is 39.3 Å². The third-order valence-electron chi connectivity index (χ3n) is 6.50. The summed E-state index contributed by atoms with van der Waals surface area (Å²) in [7, 11) is 0. The van der Waals surface area contributed by atoms with Gasteiger partial charge in [0.1, 0.15) is 5.75 Å². The Bertz CT molecular complexity index is 734. The van der Waals surface area contributed by atoms with Crippen LogP contribution in [0.3, 0.4) is 0 Å². The maximum absolute atomic E-state index is 9.87. The summed E-state index contributed by atoms with van der Waals surface area (Å²) in [6.45, 7) is 4.86. The van der Waals surface area contributed by atoms with Crippen LogP contribution in [0, 0.1) is 11.8 Å². The highest BCUT2D eigenvalue weighted by Gasteiger charge is 2.48. The molecule has 1 saturated carbocycles. The van der Waals surface area contributed by atoms with Crippen LogP contribution >= 0.6 is 0 Å². The molecule has 3 fully saturated rings. The predicted molar refractivity (Wildman–Crippen MR) is 88.3 cm³/mol. The highest BCUT2D eigenvalue weighted by atomic mass is 16.3. The van der Waals surface area contributed by atoms with Gasteiger partial charge in [-0.3, -0.25) is 4.90 Å². The summed E-state index contributed by atoms with van der Waals surface area (Å²) in [5.41, 5.74) is 4.16. The van der Waals surface area contributed by atoms with Gasteiger partial charge in [-0.05, 0) is 54.9 Å². The smallest absolute Gasteiger partial charge is 0.116 e. The van der Waals surface area contributed by atoms with Gasteiger partial charge >= 0.3 is 0 Å². The van der Waals surface area contributed by atoms with Crippen LogP contribution in [0.25, 0.3) is 10.9 Å². The van der Waals surface area contributed by atoms with Gasteiger partial charge < -0.3 is 10.1 Å². The van der Waals surface area contributed by atoms with Crippen LogP contribution in [-0.2, 0) is 6.42 Å². The molecule has 4 aliphatic rings. The van der Waals surface area contributed by atoms with E-state index >= 15 is 0 Å². The van der Waals surface area contributed by atoms with Crippen LogP contribution in [-0.4, -0.2) is 34.1 Å². The fourth-order valence-corrected chi connectivity index (χ4v) is 5.68. The first kappa shape index (κ1) is 13.0. The van der Waals surface area contributed by atoms with E-state index in [0.717, 1.165) is 24.3 Å². The van der Waals surface area contributed by atoms with Crippen molar-refractivity contribution in [3.63, 3.8) is 0 Å². The summed E-state index contributed by atoms with van der Waals surface area (Å²) in [4.78, 5) is 6.51. The molecule has 1 aromatic heterocycles. The number of fused-ring (bicyclic) bond motifs is 4. The lowest BCUT2D eigenvalue weighted by Gasteiger charge is -2.53. The van der Waals surface area contributed by atoms with Crippen molar-refractivity contribution in [2.45, 2.75) is 44.6 Å². The van der Waals surface area contributed by atoms with E-state index < -0.39 is 0 Å². The molecule has 22 heavy (non-hydrogen) atoms.